The second kappa shape index (κ2) is 3.30. The van der Waals surface area contributed by atoms with Gasteiger partial charge in [-0.15, -0.1) is 0 Å². The van der Waals surface area contributed by atoms with Gasteiger partial charge in [0, 0.05) is 5.39 Å². The Balaban J connectivity index is 2.23. The largest absolute Gasteiger partial charge is 0.390 e. The summed E-state index contributed by atoms with van der Waals surface area (Å²) in [5.41, 5.74) is 4.05. The Morgan fingerprint density at radius 2 is 1.81 bits per heavy atom. The molecular weight excluding hydrogens is 204 g/mol. The lowest BCUT2D eigenvalue weighted by atomic mass is 10.1. The van der Waals surface area contributed by atoms with Crippen LogP contribution in [0.2, 0.25) is 0 Å². The van der Waals surface area contributed by atoms with Gasteiger partial charge in [-0.2, -0.15) is 5.01 Å². The van der Waals surface area contributed by atoms with E-state index in [2.05, 4.69) is 15.9 Å². The Kier molecular flexibility index (Phi) is 1.83. The summed E-state index contributed by atoms with van der Waals surface area (Å²) < 4.78 is 0. The molecule has 0 bridgehead atoms. The number of carbonyl (C=O) groups is 1. The Bertz CT molecular complexity index is 588. The molecule has 1 heterocycles. The maximum atomic E-state index is 11.4. The molecule has 0 unspecified atom stereocenters. The van der Waals surface area contributed by atoms with Crippen LogP contribution in [0.3, 0.4) is 0 Å². The second-order valence-corrected chi connectivity index (χ2v) is 3.37. The van der Waals surface area contributed by atoms with E-state index in [9.17, 15) is 4.79 Å². The molecule has 2 aromatic rings. The summed E-state index contributed by atoms with van der Waals surface area (Å²) in [6.07, 6.45) is 0. The molecule has 1 aliphatic heterocycles. The molecule has 0 aliphatic carbocycles. The summed E-state index contributed by atoms with van der Waals surface area (Å²) in [6, 6.07) is 13.0. The van der Waals surface area contributed by atoms with Gasteiger partial charge in [-0.3, -0.25) is 0 Å². The highest BCUT2D eigenvalue weighted by molar-refractivity contribution is 6.02. The molecule has 5 nitrogen and oxygen atoms in total. The summed E-state index contributed by atoms with van der Waals surface area (Å²) in [6.45, 7) is 0. The number of amides is 2. The molecule has 0 aromatic heterocycles. The number of benzene rings is 2. The first kappa shape index (κ1) is 8.84. The zero-order chi connectivity index (χ0) is 11.0. The van der Waals surface area contributed by atoms with Crippen molar-refractivity contribution in [2.24, 2.45) is 10.4 Å². The average Bonchev–Trinajstić information content (AvgIpc) is 2.75. The minimum absolute atomic E-state index is 0.462. The molecule has 0 saturated heterocycles. The number of fused-ring (bicyclic) bond motifs is 1. The summed E-state index contributed by atoms with van der Waals surface area (Å²) in [7, 11) is 0. The van der Waals surface area contributed by atoms with Gasteiger partial charge in [0.15, 0.2) is 0 Å². The number of urea groups is 1. The van der Waals surface area contributed by atoms with E-state index in [-0.39, 0.29) is 0 Å². The lowest BCUT2D eigenvalue weighted by Crippen LogP contribution is -2.23. The number of anilines is 1. The Morgan fingerprint density at radius 1 is 1.00 bits per heavy atom. The highest BCUT2D eigenvalue weighted by Crippen LogP contribution is 2.28. The van der Waals surface area contributed by atoms with Gasteiger partial charge in [-0.1, -0.05) is 41.8 Å². The third-order valence-corrected chi connectivity index (χ3v) is 2.44. The first-order chi connectivity index (χ1) is 7.86. The minimum atomic E-state index is -0.462. The summed E-state index contributed by atoms with van der Waals surface area (Å²) >= 11 is 0. The predicted octanol–water partition coefficient (Wildman–Crippen LogP) is 2.67. The SMILES string of the molecule is O=C1[N]N=NN1c1cccc2ccccc12. The topological polar surface area (TPSA) is 59.1 Å². The lowest BCUT2D eigenvalue weighted by Gasteiger charge is -2.10. The molecule has 16 heavy (non-hydrogen) atoms. The third kappa shape index (κ3) is 1.22. The molecule has 0 atom stereocenters. The van der Waals surface area contributed by atoms with Crippen LogP contribution in [0.5, 0.6) is 0 Å². The van der Waals surface area contributed by atoms with Gasteiger partial charge in [0.1, 0.15) is 0 Å². The number of rotatable bonds is 1. The second-order valence-electron chi connectivity index (χ2n) is 3.37. The highest BCUT2D eigenvalue weighted by atomic mass is 16.2. The van der Waals surface area contributed by atoms with E-state index >= 15 is 0 Å². The maximum absolute atomic E-state index is 11.4. The monoisotopic (exact) mass is 211 g/mol. The van der Waals surface area contributed by atoms with Crippen molar-refractivity contribution in [3.63, 3.8) is 0 Å². The van der Waals surface area contributed by atoms with Crippen molar-refractivity contribution < 1.29 is 4.79 Å². The van der Waals surface area contributed by atoms with Gasteiger partial charge in [0.25, 0.3) is 0 Å². The van der Waals surface area contributed by atoms with Crippen molar-refractivity contribution in [2.45, 2.75) is 0 Å². The smallest absolute Gasteiger partial charge is 0.242 e. The number of hydrogen-bond acceptors (Lipinski definition) is 3. The molecule has 5 heteroatoms. The molecular formula is C11H7N4O. The third-order valence-electron chi connectivity index (χ3n) is 2.44. The van der Waals surface area contributed by atoms with Crippen LogP contribution in [0.4, 0.5) is 10.5 Å². The molecule has 1 radical (unpaired) electrons. The van der Waals surface area contributed by atoms with Crippen LogP contribution in [-0.4, -0.2) is 6.03 Å². The van der Waals surface area contributed by atoms with Crippen molar-refractivity contribution in [1.29, 1.82) is 0 Å². The molecule has 0 fully saturated rings. The zero-order valence-electron chi connectivity index (χ0n) is 8.24. The van der Waals surface area contributed by atoms with E-state index in [0.29, 0.717) is 5.69 Å². The van der Waals surface area contributed by atoms with Crippen molar-refractivity contribution in [3.8, 4) is 0 Å². The van der Waals surface area contributed by atoms with E-state index in [0.717, 1.165) is 10.8 Å². The van der Waals surface area contributed by atoms with Crippen LogP contribution in [0, 0.1) is 0 Å². The van der Waals surface area contributed by atoms with Crippen molar-refractivity contribution in [1.82, 2.24) is 5.43 Å². The summed E-state index contributed by atoms with van der Waals surface area (Å²) in [5, 5.41) is 10.2. The molecule has 3 rings (SSSR count). The van der Waals surface area contributed by atoms with Crippen LogP contribution in [0.25, 0.3) is 10.8 Å². The van der Waals surface area contributed by atoms with E-state index in [1.165, 1.54) is 5.01 Å². The van der Waals surface area contributed by atoms with E-state index in [1.54, 1.807) is 0 Å². The molecule has 0 spiro atoms. The molecule has 0 N–H and O–H groups in total. The van der Waals surface area contributed by atoms with Crippen LogP contribution < -0.4 is 10.4 Å². The number of hydrogen-bond donors (Lipinski definition) is 0. The van der Waals surface area contributed by atoms with Gasteiger partial charge in [0.05, 0.1) is 5.69 Å². The quantitative estimate of drug-likeness (QED) is 0.715. The van der Waals surface area contributed by atoms with E-state index in [4.69, 9.17) is 0 Å². The summed E-state index contributed by atoms with van der Waals surface area (Å²) in [5.74, 6) is 0. The Morgan fingerprint density at radius 3 is 2.62 bits per heavy atom. The molecule has 1 aliphatic rings. The van der Waals surface area contributed by atoms with Crippen LogP contribution in [-0.2, 0) is 0 Å². The average molecular weight is 211 g/mol. The van der Waals surface area contributed by atoms with Crippen LogP contribution >= 0.6 is 0 Å². The van der Waals surface area contributed by atoms with Gasteiger partial charge in [-0.05, 0) is 21.9 Å². The van der Waals surface area contributed by atoms with Gasteiger partial charge >= 0.3 is 6.03 Å². The Labute approximate surface area is 91.3 Å². The standard InChI is InChI=1S/C11H7N4O/c16-11-12-13-14-15(11)10-7-3-5-8-4-1-2-6-9(8)10/h1-7H. The van der Waals surface area contributed by atoms with Gasteiger partial charge in [-0.25, -0.2) is 4.79 Å². The number of nitrogens with zero attached hydrogens (tertiary/aromatic N) is 4. The van der Waals surface area contributed by atoms with E-state index < -0.39 is 6.03 Å². The normalized spacial score (nSPS) is 14.5. The molecule has 77 valence electrons. The van der Waals surface area contributed by atoms with Gasteiger partial charge < -0.3 is 0 Å². The van der Waals surface area contributed by atoms with Crippen molar-refractivity contribution in [2.75, 3.05) is 5.01 Å². The first-order valence-electron chi connectivity index (χ1n) is 4.80. The molecule has 0 saturated carbocycles. The number of carbonyl (C=O) groups excluding carboxylic acids is 1. The fourth-order valence-corrected chi connectivity index (χ4v) is 1.72. The zero-order valence-corrected chi connectivity index (χ0v) is 8.24. The maximum Gasteiger partial charge on any atom is 0.390 e. The minimum Gasteiger partial charge on any atom is -0.242 e. The lowest BCUT2D eigenvalue weighted by molar-refractivity contribution is 0.250. The van der Waals surface area contributed by atoms with Crippen LogP contribution in [0.15, 0.2) is 52.9 Å². The van der Waals surface area contributed by atoms with Gasteiger partial charge in [0.2, 0.25) is 0 Å². The summed E-state index contributed by atoms with van der Waals surface area (Å²) in [4.78, 5) is 11.4. The fourth-order valence-electron chi connectivity index (χ4n) is 1.72. The first-order valence-corrected chi connectivity index (χ1v) is 4.80. The fraction of sp³-hybridized carbons (Fsp3) is 0. The van der Waals surface area contributed by atoms with Crippen molar-refractivity contribution in [3.05, 3.63) is 42.5 Å². The van der Waals surface area contributed by atoms with Crippen molar-refractivity contribution >= 4 is 22.5 Å². The molecule has 2 aromatic carbocycles. The Hall–Kier alpha value is -2.43. The van der Waals surface area contributed by atoms with Crippen LogP contribution in [0.1, 0.15) is 0 Å². The van der Waals surface area contributed by atoms with E-state index in [1.807, 2.05) is 42.5 Å². The predicted molar refractivity (Wildman–Crippen MR) is 58.8 cm³/mol. The molecule has 2 amide bonds. The highest BCUT2D eigenvalue weighted by Gasteiger charge is 2.23.